The molecule has 0 amide bonds. The Labute approximate surface area is 128 Å². The predicted molar refractivity (Wildman–Crippen MR) is 81.1 cm³/mol. The third-order valence-corrected chi connectivity index (χ3v) is 2.49. The molecule has 0 bridgehead atoms. The molecule has 0 spiro atoms. The van der Waals surface area contributed by atoms with Crippen molar-refractivity contribution in [1.29, 1.82) is 0 Å². The van der Waals surface area contributed by atoms with Crippen LogP contribution in [0.5, 0.6) is 5.75 Å². The lowest BCUT2D eigenvalue weighted by molar-refractivity contribution is -0.153. The van der Waals surface area contributed by atoms with E-state index in [9.17, 15) is 13.2 Å². The average molecular weight is 317 g/mol. The molecule has 0 heterocycles. The topological polar surface area (TPSA) is 45.7 Å². The van der Waals surface area contributed by atoms with Crippen molar-refractivity contribution < 1.29 is 17.9 Å². The summed E-state index contributed by atoms with van der Waals surface area (Å²) < 4.78 is 41.1. The van der Waals surface area contributed by atoms with Crippen LogP contribution in [0.25, 0.3) is 0 Å². The number of ether oxygens (including phenoxy) is 1. The number of guanidine groups is 1. The van der Waals surface area contributed by atoms with Gasteiger partial charge in [0, 0.05) is 12.6 Å². The zero-order valence-corrected chi connectivity index (χ0v) is 13.0. The highest BCUT2D eigenvalue weighted by Crippen LogP contribution is 2.19. The number of nitrogens with zero attached hydrogens (tertiary/aromatic N) is 1. The van der Waals surface area contributed by atoms with E-state index in [1.807, 2.05) is 20.8 Å². The van der Waals surface area contributed by atoms with Crippen LogP contribution in [-0.4, -0.2) is 31.3 Å². The van der Waals surface area contributed by atoms with E-state index in [0.717, 1.165) is 12.1 Å². The first kappa shape index (κ1) is 18.1. The molecular weight excluding hydrogens is 295 g/mol. The first-order valence-corrected chi connectivity index (χ1v) is 7.13. The van der Waals surface area contributed by atoms with Gasteiger partial charge in [0.15, 0.2) is 12.6 Å². The van der Waals surface area contributed by atoms with Gasteiger partial charge in [0.05, 0.1) is 6.54 Å². The van der Waals surface area contributed by atoms with Crippen molar-refractivity contribution in [2.24, 2.45) is 4.99 Å². The summed E-state index contributed by atoms with van der Waals surface area (Å²) in [6, 6.07) is 6.74. The van der Waals surface area contributed by atoms with Crippen molar-refractivity contribution in [1.82, 2.24) is 10.6 Å². The second-order valence-corrected chi connectivity index (χ2v) is 5.05. The van der Waals surface area contributed by atoms with Crippen LogP contribution in [0.3, 0.4) is 0 Å². The molecule has 124 valence electrons. The zero-order chi connectivity index (χ0) is 16.6. The molecule has 0 radical (unpaired) electrons. The minimum atomic E-state index is -4.34. The molecule has 4 nitrogen and oxygen atoms in total. The number of alkyl halides is 3. The maximum atomic E-state index is 12.1. The summed E-state index contributed by atoms with van der Waals surface area (Å²) in [6.45, 7) is 5.75. The lowest BCUT2D eigenvalue weighted by Crippen LogP contribution is -2.40. The SMILES string of the molecule is CCNC(=NCc1cccc(OCC(F)(F)F)c1)NC(C)C. The van der Waals surface area contributed by atoms with Gasteiger partial charge in [-0.25, -0.2) is 4.99 Å². The van der Waals surface area contributed by atoms with Crippen LogP contribution < -0.4 is 15.4 Å². The summed E-state index contributed by atoms with van der Waals surface area (Å²) in [5.41, 5.74) is 0.778. The number of hydrogen-bond donors (Lipinski definition) is 2. The zero-order valence-electron chi connectivity index (χ0n) is 13.0. The summed E-state index contributed by atoms with van der Waals surface area (Å²) in [4.78, 5) is 4.39. The Hall–Kier alpha value is -1.92. The van der Waals surface area contributed by atoms with E-state index in [4.69, 9.17) is 4.74 Å². The van der Waals surface area contributed by atoms with Gasteiger partial charge < -0.3 is 15.4 Å². The molecule has 0 aliphatic heterocycles. The standard InChI is InChI=1S/C15H22F3N3O/c1-4-19-14(21-11(2)3)20-9-12-6-5-7-13(8-12)22-10-15(16,17)18/h5-8,11H,4,9-10H2,1-3H3,(H2,19,20,21). The van der Waals surface area contributed by atoms with Gasteiger partial charge in [-0.05, 0) is 38.5 Å². The highest BCUT2D eigenvalue weighted by Gasteiger charge is 2.28. The van der Waals surface area contributed by atoms with Gasteiger partial charge in [0.25, 0.3) is 0 Å². The molecule has 2 N–H and O–H groups in total. The van der Waals surface area contributed by atoms with E-state index >= 15 is 0 Å². The van der Waals surface area contributed by atoms with E-state index in [1.165, 1.54) is 6.07 Å². The molecule has 1 aromatic rings. The quantitative estimate of drug-likeness (QED) is 0.626. The normalized spacial score (nSPS) is 12.4. The fraction of sp³-hybridized carbons (Fsp3) is 0.533. The van der Waals surface area contributed by atoms with Crippen LogP contribution in [0.2, 0.25) is 0 Å². The van der Waals surface area contributed by atoms with Crippen LogP contribution in [-0.2, 0) is 6.54 Å². The third kappa shape index (κ3) is 7.75. The molecule has 22 heavy (non-hydrogen) atoms. The van der Waals surface area contributed by atoms with Crippen molar-refractivity contribution in [2.45, 2.75) is 39.5 Å². The second-order valence-electron chi connectivity index (χ2n) is 5.05. The first-order valence-electron chi connectivity index (χ1n) is 7.13. The van der Waals surface area contributed by atoms with E-state index in [0.29, 0.717) is 12.5 Å². The number of halogens is 3. The Morgan fingerprint density at radius 3 is 2.64 bits per heavy atom. The van der Waals surface area contributed by atoms with Gasteiger partial charge in [-0.3, -0.25) is 0 Å². The molecule has 0 atom stereocenters. The van der Waals surface area contributed by atoms with Crippen LogP contribution >= 0.6 is 0 Å². The minimum absolute atomic E-state index is 0.187. The lowest BCUT2D eigenvalue weighted by atomic mass is 10.2. The monoisotopic (exact) mass is 317 g/mol. The summed E-state index contributed by atoms with van der Waals surface area (Å²) in [5.74, 6) is 0.853. The van der Waals surface area contributed by atoms with E-state index in [2.05, 4.69) is 15.6 Å². The number of aliphatic imine (C=N–C) groups is 1. The van der Waals surface area contributed by atoms with Crippen molar-refractivity contribution in [3.8, 4) is 5.75 Å². The Kier molecular flexibility index (Phi) is 7.01. The maximum absolute atomic E-state index is 12.1. The Bertz CT molecular complexity index is 487. The number of nitrogens with one attached hydrogen (secondary N) is 2. The van der Waals surface area contributed by atoms with Gasteiger partial charge in [-0.15, -0.1) is 0 Å². The van der Waals surface area contributed by atoms with E-state index in [1.54, 1.807) is 18.2 Å². The summed E-state index contributed by atoms with van der Waals surface area (Å²) in [7, 11) is 0. The molecule has 0 fully saturated rings. The maximum Gasteiger partial charge on any atom is 0.422 e. The fourth-order valence-corrected chi connectivity index (χ4v) is 1.66. The Morgan fingerprint density at radius 1 is 1.32 bits per heavy atom. The number of rotatable bonds is 6. The number of benzene rings is 1. The van der Waals surface area contributed by atoms with Gasteiger partial charge >= 0.3 is 6.18 Å². The van der Waals surface area contributed by atoms with Gasteiger partial charge in [0.1, 0.15) is 5.75 Å². The Morgan fingerprint density at radius 2 is 2.05 bits per heavy atom. The molecule has 0 saturated heterocycles. The Balaban J connectivity index is 2.68. The highest BCUT2D eigenvalue weighted by molar-refractivity contribution is 5.79. The summed E-state index contributed by atoms with van der Waals surface area (Å²) in [6.07, 6.45) is -4.34. The average Bonchev–Trinajstić information content (AvgIpc) is 2.42. The highest BCUT2D eigenvalue weighted by atomic mass is 19.4. The molecular formula is C15H22F3N3O. The third-order valence-electron chi connectivity index (χ3n) is 2.49. The molecule has 0 aromatic heterocycles. The molecule has 7 heteroatoms. The fourth-order valence-electron chi connectivity index (χ4n) is 1.66. The van der Waals surface area contributed by atoms with E-state index < -0.39 is 12.8 Å². The van der Waals surface area contributed by atoms with Crippen LogP contribution in [0.4, 0.5) is 13.2 Å². The largest absolute Gasteiger partial charge is 0.484 e. The second kappa shape index (κ2) is 8.51. The molecule has 0 aliphatic carbocycles. The minimum Gasteiger partial charge on any atom is -0.484 e. The first-order chi connectivity index (χ1) is 10.3. The van der Waals surface area contributed by atoms with Crippen LogP contribution in [0.15, 0.2) is 29.3 Å². The summed E-state index contributed by atoms with van der Waals surface area (Å²) in [5, 5.41) is 6.27. The smallest absolute Gasteiger partial charge is 0.422 e. The van der Waals surface area contributed by atoms with Crippen molar-refractivity contribution in [3.63, 3.8) is 0 Å². The van der Waals surface area contributed by atoms with Crippen LogP contribution in [0, 0.1) is 0 Å². The van der Waals surface area contributed by atoms with Crippen LogP contribution in [0.1, 0.15) is 26.3 Å². The predicted octanol–water partition coefficient (Wildman–Crippen LogP) is 3.09. The van der Waals surface area contributed by atoms with Gasteiger partial charge in [-0.1, -0.05) is 12.1 Å². The summed E-state index contributed by atoms with van der Waals surface area (Å²) >= 11 is 0. The molecule has 1 rings (SSSR count). The molecule has 0 aliphatic rings. The molecule has 0 saturated carbocycles. The van der Waals surface area contributed by atoms with Gasteiger partial charge in [0.2, 0.25) is 0 Å². The van der Waals surface area contributed by atoms with E-state index in [-0.39, 0.29) is 11.8 Å². The van der Waals surface area contributed by atoms with Crippen molar-refractivity contribution >= 4 is 5.96 Å². The lowest BCUT2D eigenvalue weighted by Gasteiger charge is -2.14. The molecule has 0 unspecified atom stereocenters. The van der Waals surface area contributed by atoms with Gasteiger partial charge in [-0.2, -0.15) is 13.2 Å². The number of hydrogen-bond acceptors (Lipinski definition) is 2. The van der Waals surface area contributed by atoms with Crippen molar-refractivity contribution in [2.75, 3.05) is 13.2 Å². The molecule has 1 aromatic carbocycles. The van der Waals surface area contributed by atoms with Crippen molar-refractivity contribution in [3.05, 3.63) is 29.8 Å².